The minimum absolute atomic E-state index is 0.00720. The third-order valence-corrected chi connectivity index (χ3v) is 15.4. The summed E-state index contributed by atoms with van der Waals surface area (Å²) >= 11 is 0. The van der Waals surface area contributed by atoms with Gasteiger partial charge in [0.25, 0.3) is 5.91 Å². The maximum atomic E-state index is 16.1. The molecule has 73 heavy (non-hydrogen) atoms. The van der Waals surface area contributed by atoms with Crippen LogP contribution in [-0.2, 0) is 21.4 Å². The number of carbonyl (C=O) groups is 4. The molecule has 23 heteroatoms. The molecule has 1 atom stereocenters. The van der Waals surface area contributed by atoms with Crippen molar-refractivity contribution in [2.75, 3.05) is 87.6 Å². The first-order valence-electron chi connectivity index (χ1n) is 25.4. The summed E-state index contributed by atoms with van der Waals surface area (Å²) in [7, 11) is 1.65. The zero-order valence-electron chi connectivity index (χ0n) is 41.9. The van der Waals surface area contributed by atoms with Gasteiger partial charge < -0.3 is 29.7 Å². The Bertz CT molecular complexity index is 3110. The molecule has 384 valence electrons. The number of aromatic nitrogens is 9. The monoisotopic (exact) mass is 1000 g/mol. The highest BCUT2D eigenvalue weighted by molar-refractivity contribution is 6.09. The summed E-state index contributed by atoms with van der Waals surface area (Å²) in [6, 6.07) is 2.99. The van der Waals surface area contributed by atoms with Gasteiger partial charge in [0.05, 0.1) is 16.6 Å². The van der Waals surface area contributed by atoms with E-state index in [0.29, 0.717) is 114 Å². The molecule has 5 aliphatic rings. The number of piperazine rings is 1. The number of hydrogen-bond donors (Lipinski definition) is 2. The van der Waals surface area contributed by atoms with Gasteiger partial charge in [0.1, 0.15) is 29.0 Å². The number of anilines is 3. The highest BCUT2D eigenvalue weighted by atomic mass is 19.1. The Balaban J connectivity index is 0.649. The fourth-order valence-corrected chi connectivity index (χ4v) is 11.3. The zero-order chi connectivity index (χ0) is 50.9. The van der Waals surface area contributed by atoms with Gasteiger partial charge in [-0.15, -0.1) is 0 Å². The van der Waals surface area contributed by atoms with E-state index in [1.807, 2.05) is 35.8 Å². The summed E-state index contributed by atoms with van der Waals surface area (Å²) in [6.07, 6.45) is 9.12. The molecule has 5 amide bonds. The summed E-state index contributed by atoms with van der Waals surface area (Å²) in [5, 5.41) is 17.3. The Morgan fingerprint density at radius 1 is 0.918 bits per heavy atom. The first-order chi connectivity index (χ1) is 35.1. The van der Waals surface area contributed by atoms with Gasteiger partial charge in [-0.05, 0) is 80.9 Å². The predicted octanol–water partition coefficient (Wildman–Crippen LogP) is 5.46. The smallest absolute Gasteiger partial charge is 0.410 e. The topological polar surface area (TPSA) is 245 Å². The standard InChI is InChI=1S/C50H61FN16O6/c1-28(2)67-47-38(44(52)55-27-56-47)40(58-67)41-37(43(73-60-41)30-6-7-30)45-53-22-31(23-54-45)33-12-16-65(26-50(33,3)4)49(71)72-25-36(69)64-14-10-29(11-15-64)24-62-18-20-63(21-19-62)34-9-8-32-42(39(34)51)61(5)59-46(32)66-17-13-35(68)57-48(66)70/h8-9,22-23,27-30,33H,6-7,10-21,24-26H2,1-5H3,(H2,52,55,56)(H,57,68,70). The Hall–Kier alpha value is -7.30. The number of hydrogen-bond acceptors (Lipinski definition) is 16. The molecular formula is C50H61FN16O6. The third-order valence-electron chi connectivity index (χ3n) is 15.4. The van der Waals surface area contributed by atoms with Crippen molar-refractivity contribution in [2.24, 2.45) is 18.4 Å². The molecule has 9 heterocycles. The summed E-state index contributed by atoms with van der Waals surface area (Å²) in [4.78, 5) is 78.9. The molecule has 6 aromatic rings. The van der Waals surface area contributed by atoms with Gasteiger partial charge in [0, 0.05) is 109 Å². The van der Waals surface area contributed by atoms with Gasteiger partial charge in [-0.3, -0.25) is 29.4 Å². The lowest BCUT2D eigenvalue weighted by Crippen LogP contribution is -2.50. The number of likely N-dealkylation sites (tertiary alicyclic amines) is 2. The second kappa shape index (κ2) is 19.0. The first-order valence-corrected chi connectivity index (χ1v) is 25.4. The van der Waals surface area contributed by atoms with Crippen LogP contribution in [0.15, 0.2) is 35.4 Å². The van der Waals surface area contributed by atoms with Crippen molar-refractivity contribution in [1.29, 1.82) is 0 Å². The summed E-state index contributed by atoms with van der Waals surface area (Å²) in [5.74, 6) is 1.58. The maximum absolute atomic E-state index is 16.1. The summed E-state index contributed by atoms with van der Waals surface area (Å²) in [6.45, 7) is 14.0. The SMILES string of the molecule is CC(C)n1nc(-c2noc(C3CC3)c2-c2ncc(C3CCN(C(=O)OCC(=O)N4CCC(CN5CCN(c6ccc7c(N8CCC(=O)NC8=O)nn(C)c7c6F)CC5)CC4)CC3(C)C)cn2)c2c(N)ncnc21. The normalized spacial score (nSPS) is 20.2. The molecule has 0 bridgehead atoms. The molecule has 1 aromatic carbocycles. The number of carbonyl (C=O) groups excluding carboxylic acids is 4. The van der Waals surface area contributed by atoms with Crippen LogP contribution in [0.2, 0.25) is 0 Å². The Kier molecular flexibility index (Phi) is 12.5. The van der Waals surface area contributed by atoms with E-state index >= 15 is 4.39 Å². The number of aryl methyl sites for hydroxylation is 1. The van der Waals surface area contributed by atoms with E-state index in [2.05, 4.69) is 44.3 Å². The molecule has 0 spiro atoms. The van der Waals surface area contributed by atoms with Gasteiger partial charge in [-0.1, -0.05) is 19.0 Å². The molecule has 4 saturated heterocycles. The molecule has 4 aliphatic heterocycles. The number of imide groups is 1. The van der Waals surface area contributed by atoms with Crippen molar-refractivity contribution in [3.8, 4) is 22.8 Å². The highest BCUT2D eigenvalue weighted by Gasteiger charge is 2.41. The fourth-order valence-electron chi connectivity index (χ4n) is 11.3. The van der Waals surface area contributed by atoms with Crippen molar-refractivity contribution in [1.82, 2.24) is 64.7 Å². The lowest BCUT2D eigenvalue weighted by atomic mass is 9.71. The molecule has 11 rings (SSSR count). The lowest BCUT2D eigenvalue weighted by molar-refractivity contribution is -0.136. The molecule has 1 aliphatic carbocycles. The molecular weight excluding hydrogens is 940 g/mol. The van der Waals surface area contributed by atoms with E-state index in [4.69, 9.17) is 30.1 Å². The largest absolute Gasteiger partial charge is 0.439 e. The van der Waals surface area contributed by atoms with Crippen molar-refractivity contribution >= 4 is 63.2 Å². The Labute approximate surface area is 420 Å². The van der Waals surface area contributed by atoms with E-state index in [9.17, 15) is 19.2 Å². The van der Waals surface area contributed by atoms with Crippen molar-refractivity contribution < 1.29 is 32.8 Å². The van der Waals surface area contributed by atoms with Gasteiger partial charge in [0.15, 0.2) is 35.5 Å². The molecule has 0 radical (unpaired) electrons. The predicted molar refractivity (Wildman–Crippen MR) is 267 cm³/mol. The molecule has 1 unspecified atom stereocenters. The zero-order valence-corrected chi connectivity index (χ0v) is 41.9. The fraction of sp³-hybridized carbons (Fsp3) is 0.540. The van der Waals surface area contributed by atoms with Crippen LogP contribution in [-0.4, -0.2) is 155 Å². The summed E-state index contributed by atoms with van der Waals surface area (Å²) in [5.41, 5.74) is 10.1. The molecule has 3 N–H and O–H groups in total. The second-order valence-corrected chi connectivity index (χ2v) is 21.1. The van der Waals surface area contributed by atoms with Crippen LogP contribution in [0.1, 0.15) is 95.4 Å². The van der Waals surface area contributed by atoms with Crippen LogP contribution < -0.4 is 20.9 Å². The average Bonchev–Trinajstić information content (AvgIpc) is 3.85. The Morgan fingerprint density at radius 2 is 1.66 bits per heavy atom. The number of rotatable bonds is 11. The number of halogens is 1. The molecule has 5 aromatic heterocycles. The number of nitrogen functional groups attached to an aromatic ring is 1. The van der Waals surface area contributed by atoms with Crippen molar-refractivity contribution in [2.45, 2.75) is 84.1 Å². The number of fused-ring (bicyclic) bond motifs is 2. The van der Waals surface area contributed by atoms with Gasteiger partial charge in [-0.25, -0.2) is 38.6 Å². The van der Waals surface area contributed by atoms with Crippen LogP contribution in [0.5, 0.6) is 0 Å². The highest BCUT2D eigenvalue weighted by Crippen LogP contribution is 2.49. The van der Waals surface area contributed by atoms with Crippen molar-refractivity contribution in [3.63, 3.8) is 0 Å². The van der Waals surface area contributed by atoms with Gasteiger partial charge >= 0.3 is 12.1 Å². The number of ether oxygens (including phenoxy) is 1. The number of benzene rings is 1. The van der Waals surface area contributed by atoms with E-state index < -0.39 is 17.9 Å². The number of piperidine rings is 2. The van der Waals surface area contributed by atoms with E-state index in [1.54, 1.807) is 29.0 Å². The quantitative estimate of drug-likeness (QED) is 0.164. The van der Waals surface area contributed by atoms with Crippen LogP contribution in [0.4, 0.5) is 31.3 Å². The Morgan fingerprint density at radius 3 is 2.36 bits per heavy atom. The van der Waals surface area contributed by atoms with Crippen LogP contribution in [0.3, 0.4) is 0 Å². The average molecular weight is 1000 g/mol. The lowest BCUT2D eigenvalue weighted by Gasteiger charge is -2.43. The van der Waals surface area contributed by atoms with E-state index in [-0.39, 0.29) is 54.7 Å². The number of urea groups is 1. The van der Waals surface area contributed by atoms with Gasteiger partial charge in [0.2, 0.25) is 5.91 Å². The minimum atomic E-state index is -0.562. The second-order valence-electron chi connectivity index (χ2n) is 21.1. The van der Waals surface area contributed by atoms with Crippen LogP contribution in [0.25, 0.3) is 44.7 Å². The maximum Gasteiger partial charge on any atom is 0.410 e. The van der Waals surface area contributed by atoms with Gasteiger partial charge in [-0.2, -0.15) is 10.2 Å². The van der Waals surface area contributed by atoms with Crippen molar-refractivity contribution in [3.05, 3.63) is 48.0 Å². The molecule has 5 fully saturated rings. The molecule has 1 saturated carbocycles. The summed E-state index contributed by atoms with van der Waals surface area (Å²) < 4.78 is 31.0. The van der Waals surface area contributed by atoms with Crippen LogP contribution in [0, 0.1) is 17.2 Å². The number of nitrogens with zero attached hydrogens (tertiary/aromatic N) is 14. The number of nitrogens with two attached hydrogens (primary N) is 1. The minimum Gasteiger partial charge on any atom is -0.439 e. The van der Waals surface area contributed by atoms with E-state index in [0.717, 1.165) is 56.6 Å². The van der Waals surface area contributed by atoms with Crippen LogP contribution >= 0.6 is 0 Å². The van der Waals surface area contributed by atoms with E-state index in [1.165, 1.54) is 15.9 Å². The molecule has 22 nitrogen and oxygen atoms in total. The number of amides is 5. The third kappa shape index (κ3) is 9.04. The number of nitrogens with one attached hydrogen (secondary N) is 1. The first kappa shape index (κ1) is 48.0.